The van der Waals surface area contributed by atoms with Crippen molar-refractivity contribution in [1.29, 1.82) is 0 Å². The second-order valence-corrected chi connectivity index (χ2v) is 5.40. The Morgan fingerprint density at radius 3 is 2.63 bits per heavy atom. The fraction of sp³-hybridized carbons (Fsp3) is 0.500. The summed E-state index contributed by atoms with van der Waals surface area (Å²) in [6, 6.07) is 6.90. The number of hydrogen-bond donors (Lipinski definition) is 3. The van der Waals surface area contributed by atoms with Crippen LogP contribution >= 0.6 is 11.6 Å². The van der Waals surface area contributed by atoms with Gasteiger partial charge in [0.05, 0.1) is 16.8 Å². The van der Waals surface area contributed by atoms with Crippen LogP contribution in [0.15, 0.2) is 24.3 Å². The fourth-order valence-corrected chi connectivity index (χ4v) is 2.50. The van der Waals surface area contributed by atoms with Crippen LogP contribution in [-0.4, -0.2) is 23.8 Å². The van der Waals surface area contributed by atoms with Gasteiger partial charge in [0.1, 0.15) is 0 Å². The minimum Gasteiger partial charge on any atom is -0.393 e. The molecule has 0 aromatic heterocycles. The molecule has 1 saturated carbocycles. The van der Waals surface area contributed by atoms with Crippen LogP contribution < -0.4 is 10.6 Å². The largest absolute Gasteiger partial charge is 0.393 e. The number of carbonyl (C=O) groups excluding carboxylic acids is 1. The number of benzene rings is 1. The minimum atomic E-state index is -0.237. The van der Waals surface area contributed by atoms with Gasteiger partial charge in [-0.3, -0.25) is 0 Å². The van der Waals surface area contributed by atoms with Crippen LogP contribution in [0, 0.1) is 5.92 Å². The highest BCUT2D eigenvalue weighted by Gasteiger charge is 2.19. The zero-order chi connectivity index (χ0) is 13.7. The van der Waals surface area contributed by atoms with Gasteiger partial charge >= 0.3 is 6.03 Å². The number of carbonyl (C=O) groups is 1. The third kappa shape index (κ3) is 4.40. The molecule has 3 N–H and O–H groups in total. The first-order valence-corrected chi connectivity index (χ1v) is 7.00. The molecule has 1 aliphatic carbocycles. The van der Waals surface area contributed by atoms with E-state index in [0.29, 0.717) is 23.2 Å². The van der Waals surface area contributed by atoms with E-state index in [2.05, 4.69) is 10.6 Å². The predicted octanol–water partition coefficient (Wildman–Crippen LogP) is 3.01. The Hall–Kier alpha value is -1.26. The van der Waals surface area contributed by atoms with Crippen LogP contribution in [-0.2, 0) is 0 Å². The fourth-order valence-electron chi connectivity index (χ4n) is 2.32. The first-order chi connectivity index (χ1) is 9.15. The van der Waals surface area contributed by atoms with Crippen molar-refractivity contribution in [3.63, 3.8) is 0 Å². The lowest BCUT2D eigenvalue weighted by atomic mass is 9.87. The van der Waals surface area contributed by atoms with Crippen LogP contribution in [0.2, 0.25) is 5.02 Å². The molecule has 1 aromatic rings. The average molecular weight is 283 g/mol. The Balaban J connectivity index is 1.74. The summed E-state index contributed by atoms with van der Waals surface area (Å²) in [6.45, 7) is 0.642. The predicted molar refractivity (Wildman–Crippen MR) is 76.4 cm³/mol. The molecule has 4 nitrogen and oxygen atoms in total. The molecular formula is C14H19ClN2O2. The molecule has 0 unspecified atom stereocenters. The lowest BCUT2D eigenvalue weighted by Gasteiger charge is -2.25. The summed E-state index contributed by atoms with van der Waals surface area (Å²) >= 11 is 5.96. The number of hydrogen-bond acceptors (Lipinski definition) is 2. The van der Waals surface area contributed by atoms with E-state index in [1.165, 1.54) is 0 Å². The van der Waals surface area contributed by atoms with Crippen molar-refractivity contribution < 1.29 is 9.90 Å². The summed E-state index contributed by atoms with van der Waals surface area (Å²) in [6.07, 6.45) is 3.44. The number of nitrogens with one attached hydrogen (secondary N) is 2. The normalized spacial score (nSPS) is 22.8. The van der Waals surface area contributed by atoms with Crippen LogP contribution in [0.25, 0.3) is 0 Å². The van der Waals surface area contributed by atoms with Crippen molar-refractivity contribution in [3.8, 4) is 0 Å². The summed E-state index contributed by atoms with van der Waals surface area (Å²) in [5, 5.41) is 15.5. The van der Waals surface area contributed by atoms with E-state index in [9.17, 15) is 9.90 Å². The molecule has 2 rings (SSSR count). The van der Waals surface area contributed by atoms with Gasteiger partial charge in [-0.25, -0.2) is 4.79 Å². The maximum atomic E-state index is 11.7. The average Bonchev–Trinajstić information content (AvgIpc) is 2.41. The molecule has 1 aromatic carbocycles. The molecule has 1 fully saturated rings. The standard InChI is InChI=1S/C14H19ClN2O2/c15-12-3-1-2-4-13(12)17-14(19)16-9-10-5-7-11(18)8-6-10/h1-4,10-11,18H,5-9H2,(H2,16,17,19). The molecule has 104 valence electrons. The van der Waals surface area contributed by atoms with Gasteiger partial charge in [-0.15, -0.1) is 0 Å². The second-order valence-electron chi connectivity index (χ2n) is 4.99. The summed E-state index contributed by atoms with van der Waals surface area (Å²) in [5.41, 5.74) is 0.612. The van der Waals surface area contributed by atoms with E-state index in [1.807, 2.05) is 12.1 Å². The summed E-state index contributed by atoms with van der Waals surface area (Å²) in [7, 11) is 0. The number of rotatable bonds is 3. The van der Waals surface area contributed by atoms with Crippen LogP contribution in [0.4, 0.5) is 10.5 Å². The maximum Gasteiger partial charge on any atom is 0.319 e. The van der Waals surface area contributed by atoms with Crippen molar-refractivity contribution in [2.75, 3.05) is 11.9 Å². The molecule has 0 aliphatic heterocycles. The van der Waals surface area contributed by atoms with Crippen LogP contribution in [0.1, 0.15) is 25.7 Å². The number of anilines is 1. The van der Waals surface area contributed by atoms with Gasteiger partial charge in [0, 0.05) is 6.54 Å². The van der Waals surface area contributed by atoms with Gasteiger partial charge in [-0.2, -0.15) is 0 Å². The van der Waals surface area contributed by atoms with Gasteiger partial charge in [-0.1, -0.05) is 23.7 Å². The summed E-state index contributed by atoms with van der Waals surface area (Å²) in [5.74, 6) is 0.459. The molecule has 0 heterocycles. The molecule has 2 amide bonds. The molecule has 1 aliphatic rings. The van der Waals surface area contributed by atoms with Crippen molar-refractivity contribution in [2.45, 2.75) is 31.8 Å². The lowest BCUT2D eigenvalue weighted by Crippen LogP contribution is -2.35. The van der Waals surface area contributed by atoms with E-state index in [4.69, 9.17) is 11.6 Å². The van der Waals surface area contributed by atoms with E-state index in [-0.39, 0.29) is 12.1 Å². The molecule has 19 heavy (non-hydrogen) atoms. The molecule has 5 heteroatoms. The third-order valence-electron chi connectivity index (χ3n) is 3.49. The van der Waals surface area contributed by atoms with Gasteiger partial charge in [0.15, 0.2) is 0 Å². The first-order valence-electron chi connectivity index (χ1n) is 6.62. The van der Waals surface area contributed by atoms with Crippen LogP contribution in [0.5, 0.6) is 0 Å². The monoisotopic (exact) mass is 282 g/mol. The molecule has 0 radical (unpaired) electrons. The smallest absolute Gasteiger partial charge is 0.319 e. The molecule has 0 spiro atoms. The lowest BCUT2D eigenvalue weighted by molar-refractivity contribution is 0.109. The SMILES string of the molecule is O=C(NCC1CCC(O)CC1)Nc1ccccc1Cl. The summed E-state index contributed by atoms with van der Waals surface area (Å²) in [4.78, 5) is 11.7. The van der Waals surface area contributed by atoms with Gasteiger partial charge < -0.3 is 15.7 Å². The molecular weight excluding hydrogens is 264 g/mol. The third-order valence-corrected chi connectivity index (χ3v) is 3.82. The Morgan fingerprint density at radius 1 is 1.26 bits per heavy atom. The molecule has 0 bridgehead atoms. The van der Waals surface area contributed by atoms with Gasteiger partial charge in [-0.05, 0) is 43.7 Å². The van der Waals surface area contributed by atoms with Gasteiger partial charge in [0.2, 0.25) is 0 Å². The number of urea groups is 1. The maximum absolute atomic E-state index is 11.7. The second kappa shape index (κ2) is 6.78. The van der Waals surface area contributed by atoms with Crippen LogP contribution in [0.3, 0.4) is 0 Å². The number of amides is 2. The summed E-state index contributed by atoms with van der Waals surface area (Å²) < 4.78 is 0. The van der Waals surface area contributed by atoms with Gasteiger partial charge in [0.25, 0.3) is 0 Å². The van der Waals surface area contributed by atoms with Crippen molar-refractivity contribution in [2.24, 2.45) is 5.92 Å². The zero-order valence-corrected chi connectivity index (χ0v) is 11.5. The first kappa shape index (κ1) is 14.2. The molecule has 0 saturated heterocycles. The van der Waals surface area contributed by atoms with Crippen molar-refractivity contribution in [1.82, 2.24) is 5.32 Å². The quantitative estimate of drug-likeness (QED) is 0.798. The highest BCUT2D eigenvalue weighted by Crippen LogP contribution is 2.23. The van der Waals surface area contributed by atoms with E-state index >= 15 is 0 Å². The van der Waals surface area contributed by atoms with E-state index in [1.54, 1.807) is 12.1 Å². The van der Waals surface area contributed by atoms with Crippen molar-refractivity contribution >= 4 is 23.3 Å². The highest BCUT2D eigenvalue weighted by molar-refractivity contribution is 6.33. The van der Waals surface area contributed by atoms with Crippen molar-refractivity contribution in [3.05, 3.63) is 29.3 Å². The number of halogens is 1. The van der Waals surface area contributed by atoms with E-state index in [0.717, 1.165) is 25.7 Å². The Labute approximate surface area is 118 Å². The Kier molecular flexibility index (Phi) is 5.05. The highest BCUT2D eigenvalue weighted by atomic mass is 35.5. The Morgan fingerprint density at radius 2 is 1.95 bits per heavy atom. The zero-order valence-electron chi connectivity index (χ0n) is 10.7. The number of para-hydroxylation sites is 1. The Bertz CT molecular complexity index is 431. The minimum absolute atomic E-state index is 0.159. The van der Waals surface area contributed by atoms with E-state index < -0.39 is 0 Å². The number of aliphatic hydroxyl groups is 1. The molecule has 0 atom stereocenters. The topological polar surface area (TPSA) is 61.4 Å². The number of aliphatic hydroxyl groups excluding tert-OH is 1.